The number of fused-ring (bicyclic) bond motifs is 1. The van der Waals surface area contributed by atoms with Crippen molar-refractivity contribution < 1.29 is 4.74 Å². The minimum atomic E-state index is 0.288. The third-order valence-corrected chi connectivity index (χ3v) is 3.65. The third kappa shape index (κ3) is 3.89. The van der Waals surface area contributed by atoms with E-state index < -0.39 is 0 Å². The first-order chi connectivity index (χ1) is 8.77. The van der Waals surface area contributed by atoms with Gasteiger partial charge in [0, 0.05) is 17.8 Å². The molecule has 1 aliphatic rings. The standard InChI is InChI=1S/C15H22ClNO/c1-12(16)5-4-9-17-11-13-8-10-18-15-7-3-2-6-14(13)15/h2-3,6-7,12-13,17H,4-5,8-11H2,1H3. The Morgan fingerprint density at radius 1 is 1.44 bits per heavy atom. The zero-order valence-corrected chi connectivity index (χ0v) is 11.7. The molecule has 0 aliphatic carbocycles. The Morgan fingerprint density at radius 2 is 2.28 bits per heavy atom. The molecular weight excluding hydrogens is 246 g/mol. The Bertz CT molecular complexity index is 367. The molecule has 1 aromatic rings. The van der Waals surface area contributed by atoms with Crippen LogP contribution in [0.15, 0.2) is 24.3 Å². The van der Waals surface area contributed by atoms with Crippen LogP contribution >= 0.6 is 11.6 Å². The second kappa shape index (κ2) is 7.01. The van der Waals surface area contributed by atoms with Gasteiger partial charge < -0.3 is 10.1 Å². The van der Waals surface area contributed by atoms with Crippen molar-refractivity contribution in [1.29, 1.82) is 0 Å². The van der Waals surface area contributed by atoms with E-state index in [2.05, 4.69) is 30.4 Å². The summed E-state index contributed by atoms with van der Waals surface area (Å²) in [6.07, 6.45) is 3.34. The predicted octanol–water partition coefficient (Wildman–Crippen LogP) is 3.55. The van der Waals surface area contributed by atoms with E-state index in [1.54, 1.807) is 0 Å². The molecule has 0 radical (unpaired) electrons. The molecule has 3 heteroatoms. The maximum atomic E-state index is 5.93. The van der Waals surface area contributed by atoms with Crippen molar-refractivity contribution in [2.24, 2.45) is 0 Å². The number of nitrogens with one attached hydrogen (secondary N) is 1. The number of hydrogen-bond acceptors (Lipinski definition) is 2. The Kier molecular flexibility index (Phi) is 5.33. The molecule has 0 amide bonds. The molecule has 0 aromatic heterocycles. The second-order valence-electron chi connectivity index (χ2n) is 5.00. The molecule has 1 aromatic carbocycles. The second-order valence-corrected chi connectivity index (χ2v) is 5.74. The number of rotatable bonds is 6. The van der Waals surface area contributed by atoms with Crippen LogP contribution < -0.4 is 10.1 Å². The predicted molar refractivity (Wildman–Crippen MR) is 76.7 cm³/mol. The van der Waals surface area contributed by atoms with Crippen molar-refractivity contribution in [1.82, 2.24) is 5.32 Å². The highest BCUT2D eigenvalue weighted by molar-refractivity contribution is 6.20. The molecule has 2 nitrogen and oxygen atoms in total. The summed E-state index contributed by atoms with van der Waals surface area (Å²) in [6.45, 7) is 4.98. The molecule has 1 N–H and O–H groups in total. The molecule has 0 saturated heterocycles. The average molecular weight is 268 g/mol. The highest BCUT2D eigenvalue weighted by Crippen LogP contribution is 2.32. The van der Waals surface area contributed by atoms with Gasteiger partial charge in [0.1, 0.15) is 5.75 Å². The van der Waals surface area contributed by atoms with Crippen LogP contribution in [0.2, 0.25) is 0 Å². The Hall–Kier alpha value is -0.730. The van der Waals surface area contributed by atoms with Crippen molar-refractivity contribution in [2.45, 2.75) is 37.5 Å². The van der Waals surface area contributed by atoms with Crippen molar-refractivity contribution in [3.63, 3.8) is 0 Å². The smallest absolute Gasteiger partial charge is 0.122 e. The third-order valence-electron chi connectivity index (χ3n) is 3.43. The molecular formula is C15H22ClNO. The molecule has 0 bridgehead atoms. The fourth-order valence-corrected chi connectivity index (χ4v) is 2.57. The van der Waals surface area contributed by atoms with Crippen LogP contribution in [0.25, 0.3) is 0 Å². The summed E-state index contributed by atoms with van der Waals surface area (Å²) in [5, 5.41) is 3.82. The zero-order valence-electron chi connectivity index (χ0n) is 11.0. The lowest BCUT2D eigenvalue weighted by Crippen LogP contribution is -2.26. The summed E-state index contributed by atoms with van der Waals surface area (Å²) < 4.78 is 5.67. The molecule has 2 atom stereocenters. The highest BCUT2D eigenvalue weighted by atomic mass is 35.5. The Labute approximate surface area is 115 Å². The lowest BCUT2D eigenvalue weighted by atomic mass is 9.93. The monoisotopic (exact) mass is 267 g/mol. The molecule has 1 aliphatic heterocycles. The highest BCUT2D eigenvalue weighted by Gasteiger charge is 2.20. The van der Waals surface area contributed by atoms with Gasteiger partial charge in [-0.3, -0.25) is 0 Å². The van der Waals surface area contributed by atoms with Gasteiger partial charge in [0.25, 0.3) is 0 Å². The maximum Gasteiger partial charge on any atom is 0.122 e. The number of ether oxygens (including phenoxy) is 1. The lowest BCUT2D eigenvalue weighted by molar-refractivity contribution is 0.264. The summed E-state index contributed by atoms with van der Waals surface area (Å²) in [5.41, 5.74) is 1.35. The van der Waals surface area contributed by atoms with Gasteiger partial charge in [-0.05, 0) is 44.4 Å². The molecule has 18 heavy (non-hydrogen) atoms. The van der Waals surface area contributed by atoms with E-state index in [4.69, 9.17) is 16.3 Å². The van der Waals surface area contributed by atoms with Gasteiger partial charge in [-0.15, -0.1) is 11.6 Å². The summed E-state index contributed by atoms with van der Waals surface area (Å²) >= 11 is 5.93. The van der Waals surface area contributed by atoms with Crippen LogP contribution in [0.3, 0.4) is 0 Å². The van der Waals surface area contributed by atoms with E-state index >= 15 is 0 Å². The molecule has 100 valence electrons. The lowest BCUT2D eigenvalue weighted by Gasteiger charge is -2.26. The molecule has 0 fully saturated rings. The summed E-state index contributed by atoms with van der Waals surface area (Å²) in [4.78, 5) is 0. The molecule has 2 unspecified atom stereocenters. The van der Waals surface area contributed by atoms with Crippen LogP contribution in [0.4, 0.5) is 0 Å². The van der Waals surface area contributed by atoms with E-state index in [1.165, 1.54) is 5.56 Å². The summed E-state index contributed by atoms with van der Waals surface area (Å²) in [7, 11) is 0. The molecule has 1 heterocycles. The normalized spacial score (nSPS) is 20.0. The van der Waals surface area contributed by atoms with Crippen LogP contribution in [-0.2, 0) is 0 Å². The van der Waals surface area contributed by atoms with E-state index in [-0.39, 0.29) is 5.38 Å². The van der Waals surface area contributed by atoms with Crippen LogP contribution in [0.1, 0.15) is 37.7 Å². The van der Waals surface area contributed by atoms with Gasteiger partial charge in [-0.1, -0.05) is 18.2 Å². The molecule has 2 rings (SSSR count). The minimum Gasteiger partial charge on any atom is -0.493 e. The summed E-state index contributed by atoms with van der Waals surface area (Å²) in [5.74, 6) is 1.65. The van der Waals surface area contributed by atoms with Crippen molar-refractivity contribution in [2.75, 3.05) is 19.7 Å². The van der Waals surface area contributed by atoms with Gasteiger partial charge in [-0.2, -0.15) is 0 Å². The van der Waals surface area contributed by atoms with Crippen molar-refractivity contribution in [3.05, 3.63) is 29.8 Å². The van der Waals surface area contributed by atoms with Gasteiger partial charge in [0.05, 0.1) is 6.61 Å². The average Bonchev–Trinajstić information content (AvgIpc) is 2.38. The largest absolute Gasteiger partial charge is 0.493 e. The van der Waals surface area contributed by atoms with Crippen molar-refractivity contribution in [3.8, 4) is 5.75 Å². The number of para-hydroxylation sites is 1. The van der Waals surface area contributed by atoms with E-state index in [0.717, 1.165) is 44.7 Å². The Morgan fingerprint density at radius 3 is 3.11 bits per heavy atom. The minimum absolute atomic E-state index is 0.288. The van der Waals surface area contributed by atoms with E-state index in [9.17, 15) is 0 Å². The van der Waals surface area contributed by atoms with Gasteiger partial charge in [-0.25, -0.2) is 0 Å². The fourth-order valence-electron chi connectivity index (χ4n) is 2.41. The summed E-state index contributed by atoms with van der Waals surface area (Å²) in [6, 6.07) is 8.38. The van der Waals surface area contributed by atoms with E-state index in [1.807, 2.05) is 6.07 Å². The number of benzene rings is 1. The van der Waals surface area contributed by atoms with Gasteiger partial charge in [0.2, 0.25) is 0 Å². The van der Waals surface area contributed by atoms with Gasteiger partial charge >= 0.3 is 0 Å². The van der Waals surface area contributed by atoms with Crippen molar-refractivity contribution >= 4 is 11.6 Å². The quantitative estimate of drug-likeness (QED) is 0.629. The van der Waals surface area contributed by atoms with Crippen LogP contribution in [-0.4, -0.2) is 25.1 Å². The van der Waals surface area contributed by atoms with Crippen LogP contribution in [0.5, 0.6) is 5.75 Å². The first-order valence-corrected chi connectivity index (χ1v) is 7.27. The number of alkyl halides is 1. The molecule has 0 saturated carbocycles. The first-order valence-electron chi connectivity index (χ1n) is 6.84. The SMILES string of the molecule is CC(Cl)CCCNCC1CCOc2ccccc21. The topological polar surface area (TPSA) is 21.3 Å². The van der Waals surface area contributed by atoms with E-state index in [0.29, 0.717) is 5.92 Å². The maximum absolute atomic E-state index is 5.93. The Balaban J connectivity index is 1.77. The van der Waals surface area contributed by atoms with Crippen LogP contribution in [0, 0.1) is 0 Å². The molecule has 0 spiro atoms. The first kappa shape index (κ1) is 13.7. The number of hydrogen-bond donors (Lipinski definition) is 1. The van der Waals surface area contributed by atoms with Gasteiger partial charge in [0.15, 0.2) is 0 Å². The zero-order chi connectivity index (χ0) is 12.8. The fraction of sp³-hybridized carbons (Fsp3) is 0.600. The number of halogens is 1.